The third-order valence-electron chi connectivity index (χ3n) is 5.03. The highest BCUT2D eigenvalue weighted by Gasteiger charge is 2.30. The lowest BCUT2D eigenvalue weighted by atomic mass is 9.95. The van der Waals surface area contributed by atoms with Crippen molar-refractivity contribution in [1.29, 1.82) is 0 Å². The number of rotatable bonds is 4. The van der Waals surface area contributed by atoms with Gasteiger partial charge in [0.25, 0.3) is 5.91 Å². The molecule has 0 N–H and O–H groups in total. The van der Waals surface area contributed by atoms with E-state index in [0.29, 0.717) is 18.0 Å². The van der Waals surface area contributed by atoms with E-state index < -0.39 is 0 Å². The maximum Gasteiger partial charge on any atom is 0.257 e. The molecule has 0 bridgehead atoms. The Labute approximate surface area is 148 Å². The molecule has 1 amide bonds. The number of likely N-dealkylation sites (tertiary alicyclic amines) is 1. The van der Waals surface area contributed by atoms with Gasteiger partial charge in [-0.05, 0) is 31.4 Å². The van der Waals surface area contributed by atoms with E-state index in [9.17, 15) is 4.79 Å². The lowest BCUT2D eigenvalue weighted by molar-refractivity contribution is -0.00159. The van der Waals surface area contributed by atoms with Crippen LogP contribution >= 0.6 is 0 Å². The number of methoxy groups -OCH3 is 2. The minimum Gasteiger partial charge on any atom is -0.494 e. The summed E-state index contributed by atoms with van der Waals surface area (Å²) in [6.07, 6.45) is 2.68. The number of hydrogen-bond acceptors (Lipinski definition) is 4. The van der Waals surface area contributed by atoms with Gasteiger partial charge in [-0.3, -0.25) is 4.79 Å². The first-order chi connectivity index (χ1) is 12.1. The standard InChI is InChI=1S/C19H25N3O3/c1-13-9-10-21(12-18(13)25-4)19(23)15-11-20-22(14(15)2)16-7-5-6-8-17(16)24-3/h5-8,11,13,18H,9-10,12H2,1-4H3. The van der Waals surface area contributed by atoms with Crippen molar-refractivity contribution in [2.75, 3.05) is 27.3 Å². The highest BCUT2D eigenvalue weighted by atomic mass is 16.5. The van der Waals surface area contributed by atoms with Crippen LogP contribution in [0.2, 0.25) is 0 Å². The van der Waals surface area contributed by atoms with Crippen LogP contribution in [0.3, 0.4) is 0 Å². The van der Waals surface area contributed by atoms with Crippen LogP contribution < -0.4 is 4.74 Å². The lowest BCUT2D eigenvalue weighted by Crippen LogP contribution is -2.46. The zero-order chi connectivity index (χ0) is 18.0. The van der Waals surface area contributed by atoms with Gasteiger partial charge in [0.05, 0.1) is 30.7 Å². The van der Waals surface area contributed by atoms with Gasteiger partial charge in [0.1, 0.15) is 11.4 Å². The van der Waals surface area contributed by atoms with Crippen molar-refractivity contribution in [3.05, 3.63) is 41.7 Å². The average Bonchev–Trinajstić information content (AvgIpc) is 3.02. The lowest BCUT2D eigenvalue weighted by Gasteiger charge is -2.36. The minimum atomic E-state index is 0.00704. The molecule has 1 saturated heterocycles. The molecule has 1 aromatic heterocycles. The van der Waals surface area contributed by atoms with Gasteiger partial charge in [-0.1, -0.05) is 19.1 Å². The first kappa shape index (κ1) is 17.5. The molecule has 2 atom stereocenters. The topological polar surface area (TPSA) is 56.6 Å². The molecule has 1 aliphatic rings. The maximum absolute atomic E-state index is 13.0. The fourth-order valence-corrected chi connectivity index (χ4v) is 3.36. The zero-order valence-electron chi connectivity index (χ0n) is 15.2. The molecule has 1 aliphatic heterocycles. The molecule has 2 aromatic rings. The van der Waals surface area contributed by atoms with Crippen molar-refractivity contribution < 1.29 is 14.3 Å². The minimum absolute atomic E-state index is 0.00704. The number of aromatic nitrogens is 2. The molecule has 134 valence electrons. The number of nitrogens with zero attached hydrogens (tertiary/aromatic N) is 3. The van der Waals surface area contributed by atoms with Crippen LogP contribution in [0.1, 0.15) is 29.4 Å². The Morgan fingerprint density at radius 2 is 2.04 bits per heavy atom. The van der Waals surface area contributed by atoms with Gasteiger partial charge in [-0.2, -0.15) is 5.10 Å². The van der Waals surface area contributed by atoms with Gasteiger partial charge in [-0.25, -0.2) is 4.68 Å². The van der Waals surface area contributed by atoms with Gasteiger partial charge in [0.15, 0.2) is 0 Å². The summed E-state index contributed by atoms with van der Waals surface area (Å²) in [6, 6.07) is 7.65. The van der Waals surface area contributed by atoms with E-state index in [4.69, 9.17) is 9.47 Å². The van der Waals surface area contributed by atoms with Gasteiger partial charge < -0.3 is 14.4 Å². The molecule has 25 heavy (non-hydrogen) atoms. The molecule has 6 nitrogen and oxygen atoms in total. The fourth-order valence-electron chi connectivity index (χ4n) is 3.36. The van der Waals surface area contributed by atoms with Gasteiger partial charge in [0, 0.05) is 20.2 Å². The second-order valence-electron chi connectivity index (χ2n) is 6.52. The number of ether oxygens (including phenoxy) is 2. The monoisotopic (exact) mass is 343 g/mol. The number of hydrogen-bond donors (Lipinski definition) is 0. The number of benzene rings is 1. The molecular weight excluding hydrogens is 318 g/mol. The predicted molar refractivity (Wildman–Crippen MR) is 95.3 cm³/mol. The summed E-state index contributed by atoms with van der Waals surface area (Å²) in [5.41, 5.74) is 2.25. The number of carbonyl (C=O) groups excluding carboxylic acids is 1. The molecular formula is C19H25N3O3. The quantitative estimate of drug-likeness (QED) is 0.856. The molecule has 6 heteroatoms. The van der Waals surface area contributed by atoms with Gasteiger partial charge in [-0.15, -0.1) is 0 Å². The average molecular weight is 343 g/mol. The van der Waals surface area contributed by atoms with Gasteiger partial charge in [0.2, 0.25) is 0 Å². The van der Waals surface area contributed by atoms with Crippen LogP contribution in [0.4, 0.5) is 0 Å². The largest absolute Gasteiger partial charge is 0.494 e. The van der Waals surface area contributed by atoms with Crippen molar-refractivity contribution in [3.63, 3.8) is 0 Å². The summed E-state index contributed by atoms with van der Waals surface area (Å²) in [7, 11) is 3.34. The highest BCUT2D eigenvalue weighted by molar-refractivity contribution is 5.95. The number of para-hydroxylation sites is 2. The number of piperidine rings is 1. The van der Waals surface area contributed by atoms with E-state index in [1.54, 1.807) is 25.1 Å². The predicted octanol–water partition coefficient (Wildman–Crippen LogP) is 2.69. The molecule has 0 saturated carbocycles. The molecule has 1 fully saturated rings. The van der Waals surface area contributed by atoms with Crippen molar-refractivity contribution >= 4 is 5.91 Å². The third-order valence-corrected chi connectivity index (χ3v) is 5.03. The summed E-state index contributed by atoms with van der Waals surface area (Å²) >= 11 is 0. The third kappa shape index (κ3) is 3.26. The zero-order valence-corrected chi connectivity index (χ0v) is 15.2. The Kier molecular flexibility index (Phi) is 5.08. The van der Waals surface area contributed by atoms with Crippen LogP contribution in [0.5, 0.6) is 5.75 Å². The van der Waals surface area contributed by atoms with Crippen LogP contribution in [-0.2, 0) is 4.74 Å². The van der Waals surface area contributed by atoms with Crippen LogP contribution in [0.25, 0.3) is 5.69 Å². The van der Waals surface area contributed by atoms with Crippen molar-refractivity contribution in [2.45, 2.75) is 26.4 Å². The smallest absolute Gasteiger partial charge is 0.257 e. The van der Waals surface area contributed by atoms with E-state index in [1.165, 1.54) is 0 Å². The van der Waals surface area contributed by atoms with Crippen molar-refractivity contribution in [3.8, 4) is 11.4 Å². The van der Waals surface area contributed by atoms with Crippen LogP contribution in [0, 0.1) is 12.8 Å². The van der Waals surface area contributed by atoms with Crippen molar-refractivity contribution in [1.82, 2.24) is 14.7 Å². The highest BCUT2D eigenvalue weighted by Crippen LogP contribution is 2.26. The van der Waals surface area contributed by atoms with Crippen LogP contribution in [0.15, 0.2) is 30.5 Å². The Balaban J connectivity index is 1.87. The summed E-state index contributed by atoms with van der Waals surface area (Å²) in [6.45, 7) is 5.45. The van der Waals surface area contributed by atoms with E-state index >= 15 is 0 Å². The molecule has 0 spiro atoms. The Bertz CT molecular complexity index is 756. The maximum atomic E-state index is 13.0. The number of carbonyl (C=O) groups is 1. The molecule has 0 aliphatic carbocycles. The SMILES string of the molecule is COc1ccccc1-n1ncc(C(=O)N2CCC(C)C(OC)C2)c1C. The summed E-state index contributed by atoms with van der Waals surface area (Å²) in [5.74, 6) is 1.19. The van der Waals surface area contributed by atoms with E-state index in [1.807, 2.05) is 36.1 Å². The Morgan fingerprint density at radius 3 is 2.76 bits per heavy atom. The summed E-state index contributed by atoms with van der Waals surface area (Å²) in [5, 5.41) is 4.42. The second kappa shape index (κ2) is 7.27. The van der Waals surface area contributed by atoms with E-state index in [-0.39, 0.29) is 12.0 Å². The fraction of sp³-hybridized carbons (Fsp3) is 0.474. The second-order valence-corrected chi connectivity index (χ2v) is 6.52. The van der Waals surface area contributed by atoms with Gasteiger partial charge >= 0.3 is 0 Å². The van der Waals surface area contributed by atoms with E-state index in [0.717, 1.165) is 30.1 Å². The molecule has 2 unspecified atom stereocenters. The van der Waals surface area contributed by atoms with E-state index in [2.05, 4.69) is 12.0 Å². The summed E-state index contributed by atoms with van der Waals surface area (Å²) < 4.78 is 12.7. The number of amides is 1. The summed E-state index contributed by atoms with van der Waals surface area (Å²) in [4.78, 5) is 14.8. The molecule has 0 radical (unpaired) electrons. The Morgan fingerprint density at radius 1 is 1.28 bits per heavy atom. The van der Waals surface area contributed by atoms with Crippen LogP contribution in [-0.4, -0.2) is 54.0 Å². The molecule has 3 rings (SSSR count). The molecule has 1 aromatic carbocycles. The Hall–Kier alpha value is -2.34. The van der Waals surface area contributed by atoms with Crippen molar-refractivity contribution in [2.24, 2.45) is 5.92 Å². The molecule has 2 heterocycles. The normalized spacial score (nSPS) is 20.6. The first-order valence-electron chi connectivity index (χ1n) is 8.57. The first-order valence-corrected chi connectivity index (χ1v) is 8.57.